The number of nitrogens with zero attached hydrogens (tertiary/aromatic N) is 3. The summed E-state index contributed by atoms with van der Waals surface area (Å²) in [7, 11) is 1.68. The summed E-state index contributed by atoms with van der Waals surface area (Å²) in [6.07, 6.45) is 0. The number of benzene rings is 4. The van der Waals surface area contributed by atoms with Gasteiger partial charge in [0.2, 0.25) is 0 Å². The molecule has 2 aromatic heterocycles. The largest absolute Gasteiger partial charge is 0.331 e. The number of aromatic nitrogens is 4. The first-order valence-electron chi connectivity index (χ1n) is 13.5. The molecule has 0 aliphatic carbocycles. The van der Waals surface area contributed by atoms with Crippen LogP contribution in [0, 0.1) is 0 Å². The van der Waals surface area contributed by atoms with Crippen LogP contribution in [0.2, 0.25) is 10.0 Å². The summed E-state index contributed by atoms with van der Waals surface area (Å²) in [5.41, 5.74) is 1.58. The molecule has 0 bridgehead atoms. The van der Waals surface area contributed by atoms with Gasteiger partial charge in [0.05, 0.1) is 33.9 Å². The summed E-state index contributed by atoms with van der Waals surface area (Å²) in [5.74, 6) is 0. The lowest BCUT2D eigenvalue weighted by Gasteiger charge is -2.17. The second-order valence-electron chi connectivity index (χ2n) is 10.1. The van der Waals surface area contributed by atoms with Gasteiger partial charge in [-0.2, -0.15) is 0 Å². The number of rotatable bonds is 4. The van der Waals surface area contributed by atoms with Gasteiger partial charge < -0.3 is 4.98 Å². The zero-order valence-corrected chi connectivity index (χ0v) is 25.1. The van der Waals surface area contributed by atoms with Crippen molar-refractivity contribution < 1.29 is 0 Å². The predicted molar refractivity (Wildman–Crippen MR) is 173 cm³/mol. The van der Waals surface area contributed by atoms with Crippen molar-refractivity contribution in [2.45, 2.75) is 25.9 Å². The maximum atomic E-state index is 12.7. The third kappa shape index (κ3) is 5.84. The van der Waals surface area contributed by atoms with Gasteiger partial charge in [-0.05, 0) is 73.5 Å². The minimum absolute atomic E-state index is 0.277. The van der Waals surface area contributed by atoms with Crippen LogP contribution in [0.25, 0.3) is 21.8 Å². The first kappa shape index (κ1) is 29.8. The normalized spacial score (nSPS) is 12.5. The lowest BCUT2D eigenvalue weighted by atomic mass is 10.1. The molecule has 0 unspecified atom stereocenters. The standard InChI is InChI=1S/C17H15ClN2O2.C16H13ClN2O2/c1-11(12-7-9-13(18)10-8-12)20-16(21)14-5-3-4-6-15(14)19(2)17(20)22;1-10(11-6-8-12(17)9-7-11)19-15(20)13-4-2-3-5-14(13)18-16(19)21/h3-11H,1-2H3;2-10H,1H3,(H,18,21)/t11-;10-/m11/s1. The van der Waals surface area contributed by atoms with Crippen molar-refractivity contribution in [3.63, 3.8) is 0 Å². The van der Waals surface area contributed by atoms with Gasteiger partial charge in [0.25, 0.3) is 11.1 Å². The molecule has 0 saturated carbocycles. The van der Waals surface area contributed by atoms with Crippen molar-refractivity contribution in [3.05, 3.63) is 160 Å². The maximum Gasteiger partial charge on any atom is 0.331 e. The van der Waals surface area contributed by atoms with Crippen molar-refractivity contribution in [2.24, 2.45) is 7.05 Å². The highest BCUT2D eigenvalue weighted by Crippen LogP contribution is 2.20. The van der Waals surface area contributed by atoms with Crippen LogP contribution in [0.15, 0.2) is 116 Å². The molecule has 218 valence electrons. The average Bonchev–Trinajstić information content (AvgIpc) is 3.01. The molecule has 0 saturated heterocycles. The topological polar surface area (TPSA) is 98.9 Å². The monoisotopic (exact) mass is 614 g/mol. The summed E-state index contributed by atoms with van der Waals surface area (Å²) >= 11 is 11.8. The summed E-state index contributed by atoms with van der Waals surface area (Å²) in [4.78, 5) is 52.8. The number of nitrogens with one attached hydrogen (secondary N) is 1. The summed E-state index contributed by atoms with van der Waals surface area (Å²) < 4.78 is 4.01. The molecule has 4 aromatic carbocycles. The van der Waals surface area contributed by atoms with Crippen molar-refractivity contribution >= 4 is 45.0 Å². The van der Waals surface area contributed by atoms with Crippen molar-refractivity contribution in [2.75, 3.05) is 0 Å². The molecule has 0 aliphatic heterocycles. The van der Waals surface area contributed by atoms with Crippen LogP contribution in [-0.4, -0.2) is 18.7 Å². The Bertz CT molecular complexity index is 2180. The smallest absolute Gasteiger partial charge is 0.307 e. The van der Waals surface area contributed by atoms with Gasteiger partial charge in [0, 0.05) is 17.1 Å². The van der Waals surface area contributed by atoms with E-state index in [4.69, 9.17) is 23.2 Å². The quantitative estimate of drug-likeness (QED) is 0.267. The molecule has 10 heteroatoms. The second-order valence-corrected chi connectivity index (χ2v) is 11.0. The second kappa shape index (κ2) is 12.3. The fraction of sp³-hybridized carbons (Fsp3) is 0.152. The SMILES string of the molecule is C[C@H](c1ccc(Cl)cc1)n1c(=O)[nH]c2ccccc2c1=O.C[C@H](c1ccc(Cl)cc1)n1c(=O)c2ccccc2n(C)c1=O. The van der Waals surface area contributed by atoms with E-state index in [-0.39, 0.29) is 28.9 Å². The van der Waals surface area contributed by atoms with E-state index in [9.17, 15) is 19.2 Å². The van der Waals surface area contributed by atoms with Crippen LogP contribution in [0.4, 0.5) is 0 Å². The molecule has 0 fully saturated rings. The van der Waals surface area contributed by atoms with E-state index in [0.717, 1.165) is 11.1 Å². The van der Waals surface area contributed by atoms with Gasteiger partial charge in [-0.25, -0.2) is 9.59 Å². The van der Waals surface area contributed by atoms with Crippen LogP contribution in [0.5, 0.6) is 0 Å². The molecule has 0 spiro atoms. The van der Waals surface area contributed by atoms with Crippen LogP contribution in [0.1, 0.15) is 37.1 Å². The summed E-state index contributed by atoms with van der Waals surface area (Å²) in [6.45, 7) is 3.65. The first-order valence-corrected chi connectivity index (χ1v) is 14.3. The minimum Gasteiger partial charge on any atom is -0.307 e. The van der Waals surface area contributed by atoms with E-state index in [1.807, 2.05) is 44.2 Å². The fourth-order valence-corrected chi connectivity index (χ4v) is 5.33. The molecule has 43 heavy (non-hydrogen) atoms. The van der Waals surface area contributed by atoms with E-state index < -0.39 is 5.69 Å². The van der Waals surface area contributed by atoms with Gasteiger partial charge in [-0.3, -0.25) is 23.3 Å². The highest BCUT2D eigenvalue weighted by Gasteiger charge is 2.17. The Morgan fingerprint density at radius 2 is 1.07 bits per heavy atom. The predicted octanol–water partition coefficient (Wildman–Crippen LogP) is 5.92. The molecule has 1 N–H and O–H groups in total. The molecular formula is C33H28Cl2N4O4. The molecule has 0 aliphatic rings. The Balaban J connectivity index is 0.000000171. The zero-order chi connectivity index (χ0) is 30.8. The minimum atomic E-state index is -0.416. The average molecular weight is 616 g/mol. The molecule has 8 nitrogen and oxygen atoms in total. The number of para-hydroxylation sites is 2. The first-order chi connectivity index (χ1) is 20.6. The Labute approximate surface area is 256 Å². The Morgan fingerprint density at radius 3 is 1.65 bits per heavy atom. The lowest BCUT2D eigenvalue weighted by Crippen LogP contribution is -2.41. The Morgan fingerprint density at radius 1 is 0.605 bits per heavy atom. The summed E-state index contributed by atoms with van der Waals surface area (Å²) in [6, 6.07) is 27.6. The molecule has 0 radical (unpaired) electrons. The molecule has 2 atom stereocenters. The van der Waals surface area contributed by atoms with Crippen LogP contribution < -0.4 is 22.5 Å². The van der Waals surface area contributed by atoms with Gasteiger partial charge in [0.15, 0.2) is 0 Å². The van der Waals surface area contributed by atoms with Crippen LogP contribution in [0.3, 0.4) is 0 Å². The van der Waals surface area contributed by atoms with Crippen LogP contribution in [-0.2, 0) is 7.05 Å². The number of fused-ring (bicyclic) bond motifs is 2. The number of H-pyrrole nitrogens is 1. The highest BCUT2D eigenvalue weighted by atomic mass is 35.5. The molecule has 6 rings (SSSR count). The van der Waals surface area contributed by atoms with Gasteiger partial charge >= 0.3 is 11.4 Å². The van der Waals surface area contributed by atoms with E-state index in [1.165, 1.54) is 13.7 Å². The fourth-order valence-electron chi connectivity index (χ4n) is 5.08. The van der Waals surface area contributed by atoms with Crippen molar-refractivity contribution in [1.29, 1.82) is 0 Å². The number of halogens is 2. The van der Waals surface area contributed by atoms with Gasteiger partial charge in [-0.1, -0.05) is 71.7 Å². The van der Waals surface area contributed by atoms with Crippen molar-refractivity contribution in [1.82, 2.24) is 18.7 Å². The third-order valence-corrected chi connectivity index (χ3v) is 8.03. The number of hydrogen-bond donors (Lipinski definition) is 1. The van der Waals surface area contributed by atoms with E-state index in [1.54, 1.807) is 73.8 Å². The van der Waals surface area contributed by atoms with Gasteiger partial charge in [-0.15, -0.1) is 0 Å². The zero-order valence-electron chi connectivity index (χ0n) is 23.6. The molecular weight excluding hydrogens is 587 g/mol. The van der Waals surface area contributed by atoms with Crippen LogP contribution >= 0.6 is 23.2 Å². The number of aromatic amines is 1. The van der Waals surface area contributed by atoms with Crippen molar-refractivity contribution in [3.8, 4) is 0 Å². The number of hydrogen-bond acceptors (Lipinski definition) is 4. The highest BCUT2D eigenvalue weighted by molar-refractivity contribution is 6.30. The molecule has 2 heterocycles. The molecule has 6 aromatic rings. The maximum absolute atomic E-state index is 12.7. The van der Waals surface area contributed by atoms with E-state index in [0.29, 0.717) is 31.9 Å². The van der Waals surface area contributed by atoms with E-state index in [2.05, 4.69) is 4.98 Å². The molecule has 0 amide bonds. The Kier molecular flexibility index (Phi) is 8.52. The van der Waals surface area contributed by atoms with E-state index >= 15 is 0 Å². The van der Waals surface area contributed by atoms with Gasteiger partial charge in [0.1, 0.15) is 0 Å². The Hall–Kier alpha value is -4.66. The number of aryl methyl sites for hydroxylation is 1. The lowest BCUT2D eigenvalue weighted by molar-refractivity contribution is 0.561. The summed E-state index contributed by atoms with van der Waals surface area (Å²) in [5, 5.41) is 2.27. The third-order valence-electron chi connectivity index (χ3n) is 7.52.